The van der Waals surface area contributed by atoms with Gasteiger partial charge < -0.3 is 5.11 Å². The van der Waals surface area contributed by atoms with Gasteiger partial charge in [-0.3, -0.25) is 4.79 Å². The third-order valence-corrected chi connectivity index (χ3v) is 3.99. The number of benzene rings is 1. The van der Waals surface area contributed by atoms with Gasteiger partial charge in [0.05, 0.1) is 6.42 Å². The van der Waals surface area contributed by atoms with Crippen LogP contribution in [0.1, 0.15) is 36.0 Å². The number of carboxylic acids is 1. The number of rotatable bonds is 3. The van der Waals surface area contributed by atoms with Crippen molar-refractivity contribution in [3.63, 3.8) is 0 Å². The van der Waals surface area contributed by atoms with Crippen molar-refractivity contribution in [1.82, 2.24) is 0 Å². The summed E-state index contributed by atoms with van der Waals surface area (Å²) in [5.41, 5.74) is 3.09. The Labute approximate surface area is 100 Å². The molecule has 86 valence electrons. The highest BCUT2D eigenvalue weighted by atomic mass is 35.5. The molecule has 0 aliphatic heterocycles. The van der Waals surface area contributed by atoms with Crippen molar-refractivity contribution in [3.05, 3.63) is 33.8 Å². The Morgan fingerprint density at radius 2 is 1.88 bits per heavy atom. The molecule has 0 bridgehead atoms. The Kier molecular flexibility index (Phi) is 2.70. The van der Waals surface area contributed by atoms with Crippen LogP contribution in [0.15, 0.2) is 12.1 Å². The van der Waals surface area contributed by atoms with Crippen molar-refractivity contribution in [2.45, 2.75) is 38.5 Å². The van der Waals surface area contributed by atoms with Gasteiger partial charge in [0.15, 0.2) is 0 Å². The SMILES string of the molecule is Cc1cc(C2(CC(=O)O)CC2)cc(C)c1Cl. The van der Waals surface area contributed by atoms with Crippen LogP contribution in [-0.2, 0) is 10.2 Å². The molecule has 3 heteroatoms. The number of carboxylic acid groups (broad SMARTS) is 1. The van der Waals surface area contributed by atoms with E-state index in [1.54, 1.807) is 0 Å². The largest absolute Gasteiger partial charge is 0.481 e. The maximum Gasteiger partial charge on any atom is 0.304 e. The Balaban J connectivity index is 2.38. The predicted octanol–water partition coefficient (Wildman–Crippen LogP) is 3.46. The van der Waals surface area contributed by atoms with Gasteiger partial charge in [0.25, 0.3) is 0 Å². The van der Waals surface area contributed by atoms with Gasteiger partial charge >= 0.3 is 5.97 Å². The second kappa shape index (κ2) is 3.77. The average molecular weight is 239 g/mol. The van der Waals surface area contributed by atoms with E-state index in [4.69, 9.17) is 16.7 Å². The van der Waals surface area contributed by atoms with Gasteiger partial charge in [0, 0.05) is 10.4 Å². The van der Waals surface area contributed by atoms with Crippen LogP contribution in [-0.4, -0.2) is 11.1 Å². The quantitative estimate of drug-likeness (QED) is 0.876. The number of hydrogen-bond donors (Lipinski definition) is 1. The summed E-state index contributed by atoms with van der Waals surface area (Å²) in [7, 11) is 0. The molecular formula is C13H15ClO2. The van der Waals surface area contributed by atoms with Gasteiger partial charge in [-0.1, -0.05) is 23.7 Å². The first-order chi connectivity index (χ1) is 7.44. The topological polar surface area (TPSA) is 37.3 Å². The van der Waals surface area contributed by atoms with Crippen molar-refractivity contribution in [2.24, 2.45) is 0 Å². The fourth-order valence-corrected chi connectivity index (χ4v) is 2.37. The lowest BCUT2D eigenvalue weighted by molar-refractivity contribution is -0.137. The molecule has 1 aliphatic rings. The Hall–Kier alpha value is -1.02. The summed E-state index contributed by atoms with van der Waals surface area (Å²) in [5.74, 6) is -0.720. The van der Waals surface area contributed by atoms with Gasteiger partial charge in [0.1, 0.15) is 0 Å². The molecule has 2 rings (SSSR count). The molecule has 1 fully saturated rings. The second-order valence-corrected chi connectivity index (χ2v) is 5.15. The first-order valence-electron chi connectivity index (χ1n) is 5.44. The van der Waals surface area contributed by atoms with Crippen LogP contribution in [0.4, 0.5) is 0 Å². The van der Waals surface area contributed by atoms with E-state index in [2.05, 4.69) is 0 Å². The third kappa shape index (κ3) is 1.94. The normalized spacial score (nSPS) is 17.2. The van der Waals surface area contributed by atoms with Crippen LogP contribution in [0.2, 0.25) is 5.02 Å². The highest BCUT2D eigenvalue weighted by Gasteiger charge is 2.46. The smallest absolute Gasteiger partial charge is 0.304 e. The van der Waals surface area contributed by atoms with E-state index >= 15 is 0 Å². The second-order valence-electron chi connectivity index (χ2n) is 4.77. The molecule has 0 spiro atoms. The first-order valence-corrected chi connectivity index (χ1v) is 5.81. The zero-order chi connectivity index (χ0) is 11.9. The van der Waals surface area contributed by atoms with Crippen LogP contribution in [0.3, 0.4) is 0 Å². The van der Waals surface area contributed by atoms with Gasteiger partial charge in [-0.25, -0.2) is 0 Å². The molecular weight excluding hydrogens is 224 g/mol. The molecule has 0 radical (unpaired) electrons. The van der Waals surface area contributed by atoms with Crippen LogP contribution in [0.5, 0.6) is 0 Å². The van der Waals surface area contributed by atoms with Gasteiger partial charge in [-0.2, -0.15) is 0 Å². The molecule has 2 nitrogen and oxygen atoms in total. The molecule has 0 amide bonds. The van der Waals surface area contributed by atoms with Crippen molar-refractivity contribution >= 4 is 17.6 Å². The van der Waals surface area contributed by atoms with Crippen LogP contribution in [0.25, 0.3) is 0 Å². The number of halogens is 1. The Morgan fingerprint density at radius 1 is 1.38 bits per heavy atom. The lowest BCUT2D eigenvalue weighted by atomic mass is 9.90. The van der Waals surface area contributed by atoms with Gasteiger partial charge in [0.2, 0.25) is 0 Å². The van der Waals surface area contributed by atoms with E-state index in [1.165, 1.54) is 0 Å². The lowest BCUT2D eigenvalue weighted by Crippen LogP contribution is -2.13. The van der Waals surface area contributed by atoms with Crippen LogP contribution >= 0.6 is 11.6 Å². The summed E-state index contributed by atoms with van der Waals surface area (Å²) in [5, 5.41) is 9.70. The van der Waals surface area contributed by atoms with Crippen LogP contribution in [0, 0.1) is 13.8 Å². The molecule has 1 aliphatic carbocycles. The molecule has 0 heterocycles. The maximum absolute atomic E-state index is 10.8. The lowest BCUT2D eigenvalue weighted by Gasteiger charge is -2.16. The fraction of sp³-hybridized carbons (Fsp3) is 0.462. The minimum absolute atomic E-state index is 0.119. The van der Waals surface area contributed by atoms with Crippen molar-refractivity contribution in [2.75, 3.05) is 0 Å². The van der Waals surface area contributed by atoms with Crippen LogP contribution < -0.4 is 0 Å². The summed E-state index contributed by atoms with van der Waals surface area (Å²) >= 11 is 6.11. The first kappa shape index (κ1) is 11.5. The molecule has 0 saturated heterocycles. The molecule has 1 saturated carbocycles. The van der Waals surface area contributed by atoms with Gasteiger partial charge in [-0.15, -0.1) is 0 Å². The summed E-state index contributed by atoms with van der Waals surface area (Å²) in [6.45, 7) is 3.94. The number of hydrogen-bond acceptors (Lipinski definition) is 1. The van der Waals surface area contributed by atoms with Crippen molar-refractivity contribution < 1.29 is 9.90 Å². The van der Waals surface area contributed by atoms with E-state index in [0.717, 1.165) is 34.6 Å². The molecule has 1 aromatic rings. The highest BCUT2D eigenvalue weighted by molar-refractivity contribution is 6.32. The third-order valence-electron chi connectivity index (χ3n) is 3.39. The molecule has 0 aromatic heterocycles. The fourth-order valence-electron chi connectivity index (χ4n) is 2.26. The number of aliphatic carboxylic acids is 1. The van der Waals surface area contributed by atoms with Gasteiger partial charge in [-0.05, 0) is 43.4 Å². The molecule has 0 atom stereocenters. The summed E-state index contributed by atoms with van der Waals surface area (Å²) < 4.78 is 0. The Bertz CT molecular complexity index is 424. The Morgan fingerprint density at radius 3 is 2.25 bits per heavy atom. The molecule has 0 unspecified atom stereocenters. The van der Waals surface area contributed by atoms with Crippen molar-refractivity contribution in [1.29, 1.82) is 0 Å². The summed E-state index contributed by atoms with van der Waals surface area (Å²) in [4.78, 5) is 10.8. The van der Waals surface area contributed by atoms with E-state index < -0.39 is 5.97 Å². The van der Waals surface area contributed by atoms with E-state index in [0.29, 0.717) is 0 Å². The van der Waals surface area contributed by atoms with Crippen molar-refractivity contribution in [3.8, 4) is 0 Å². The summed E-state index contributed by atoms with van der Waals surface area (Å²) in [6.07, 6.45) is 2.17. The number of carbonyl (C=O) groups is 1. The minimum atomic E-state index is -0.720. The highest BCUT2D eigenvalue weighted by Crippen LogP contribution is 2.51. The van der Waals surface area contributed by atoms with E-state index in [9.17, 15) is 4.79 Å². The average Bonchev–Trinajstić information content (AvgIpc) is 2.93. The van der Waals surface area contributed by atoms with E-state index in [-0.39, 0.29) is 11.8 Å². The predicted molar refractivity (Wildman–Crippen MR) is 64.1 cm³/mol. The standard InChI is InChI=1S/C13H15ClO2/c1-8-5-10(6-9(2)12(8)14)13(3-4-13)7-11(15)16/h5-6H,3-4,7H2,1-2H3,(H,15,16). The zero-order valence-electron chi connectivity index (χ0n) is 9.51. The minimum Gasteiger partial charge on any atom is -0.481 e. The monoisotopic (exact) mass is 238 g/mol. The molecule has 16 heavy (non-hydrogen) atoms. The molecule has 1 aromatic carbocycles. The molecule has 1 N–H and O–H groups in total. The summed E-state index contributed by atoms with van der Waals surface area (Å²) in [6, 6.07) is 4.07. The number of aryl methyl sites for hydroxylation is 2. The van der Waals surface area contributed by atoms with E-state index in [1.807, 2.05) is 26.0 Å². The zero-order valence-corrected chi connectivity index (χ0v) is 10.3. The maximum atomic E-state index is 10.8.